The molecular weight excluding hydrogens is 331 g/mol. The van der Waals surface area contributed by atoms with E-state index in [1.54, 1.807) is 33.3 Å². The van der Waals surface area contributed by atoms with Crippen LogP contribution in [0, 0.1) is 12.7 Å². The van der Waals surface area contributed by atoms with Crippen LogP contribution < -0.4 is 15.2 Å². The van der Waals surface area contributed by atoms with Crippen LogP contribution in [0.1, 0.15) is 29.9 Å². The number of halogens is 1. The van der Waals surface area contributed by atoms with Gasteiger partial charge >= 0.3 is 0 Å². The number of anilines is 1. The lowest BCUT2D eigenvalue weighted by Gasteiger charge is -2.11. The highest BCUT2D eigenvalue weighted by molar-refractivity contribution is 5.86. The number of nitrogens with zero attached hydrogens (tertiary/aromatic N) is 1. The Kier molecular flexibility index (Phi) is 5.26. The van der Waals surface area contributed by atoms with E-state index in [0.29, 0.717) is 17.2 Å². The highest BCUT2D eigenvalue weighted by Crippen LogP contribution is 2.44. The number of nitrogen functional groups attached to an aromatic ring is 1. The molecule has 5 heteroatoms. The van der Waals surface area contributed by atoms with Crippen LogP contribution in [0.25, 0.3) is 10.9 Å². The van der Waals surface area contributed by atoms with Crippen LogP contribution in [0.5, 0.6) is 11.5 Å². The first-order chi connectivity index (χ1) is 12.5. The number of pyridine rings is 1. The molecule has 4 nitrogen and oxygen atoms in total. The fraction of sp³-hybridized carbons (Fsp3) is 0.286. The Hall–Kier alpha value is -2.82. The zero-order valence-electron chi connectivity index (χ0n) is 15.3. The van der Waals surface area contributed by atoms with Crippen molar-refractivity contribution in [2.24, 2.45) is 0 Å². The number of hydrogen-bond donors (Lipinski definition) is 1. The fourth-order valence-corrected chi connectivity index (χ4v) is 2.85. The molecule has 0 spiro atoms. The Morgan fingerprint density at radius 1 is 1.04 bits per heavy atom. The predicted octanol–water partition coefficient (Wildman–Crippen LogP) is 4.85. The number of nitrogens with two attached hydrogens (primary N) is 1. The fourth-order valence-electron chi connectivity index (χ4n) is 2.85. The van der Waals surface area contributed by atoms with Crippen molar-refractivity contribution < 1.29 is 13.9 Å². The summed E-state index contributed by atoms with van der Waals surface area (Å²) in [5.41, 5.74) is 8.75. The van der Waals surface area contributed by atoms with Crippen LogP contribution in [0.3, 0.4) is 0 Å². The van der Waals surface area contributed by atoms with Crippen LogP contribution in [0.15, 0.2) is 42.6 Å². The SMILES string of the molecule is COc1cc2nccc(C3CC3)c2cc1OC.Cc1ccc(N)cc1F. The molecule has 0 radical (unpaired) electrons. The van der Waals surface area contributed by atoms with E-state index in [4.69, 9.17) is 15.2 Å². The van der Waals surface area contributed by atoms with Crippen molar-refractivity contribution in [3.8, 4) is 11.5 Å². The maximum Gasteiger partial charge on any atom is 0.162 e. The lowest BCUT2D eigenvalue weighted by Crippen LogP contribution is -1.93. The molecule has 2 N–H and O–H groups in total. The smallest absolute Gasteiger partial charge is 0.162 e. The third-order valence-corrected chi connectivity index (χ3v) is 4.49. The second-order valence-electron chi connectivity index (χ2n) is 6.41. The van der Waals surface area contributed by atoms with Gasteiger partial charge in [0.25, 0.3) is 0 Å². The van der Waals surface area contributed by atoms with Crippen molar-refractivity contribution in [1.29, 1.82) is 0 Å². The molecule has 0 aliphatic heterocycles. The molecule has 0 saturated heterocycles. The topological polar surface area (TPSA) is 57.4 Å². The molecule has 4 rings (SSSR count). The van der Waals surface area contributed by atoms with Gasteiger partial charge in [-0.1, -0.05) is 6.07 Å². The van der Waals surface area contributed by atoms with Crippen LogP contribution in [0.2, 0.25) is 0 Å². The molecule has 0 unspecified atom stereocenters. The van der Waals surface area contributed by atoms with Gasteiger partial charge in [-0.3, -0.25) is 4.98 Å². The first kappa shape index (κ1) is 18.0. The molecule has 136 valence electrons. The number of benzene rings is 2. The molecule has 1 saturated carbocycles. The lowest BCUT2D eigenvalue weighted by atomic mass is 10.0. The number of fused-ring (bicyclic) bond motifs is 1. The zero-order chi connectivity index (χ0) is 18.7. The highest BCUT2D eigenvalue weighted by Gasteiger charge is 2.25. The molecule has 0 atom stereocenters. The number of ether oxygens (including phenoxy) is 2. The molecule has 0 bridgehead atoms. The van der Waals surface area contributed by atoms with Gasteiger partial charge in [-0.25, -0.2) is 4.39 Å². The summed E-state index contributed by atoms with van der Waals surface area (Å²) in [5.74, 6) is 1.98. The molecule has 1 aromatic heterocycles. The van der Waals surface area contributed by atoms with Gasteiger partial charge in [0.05, 0.1) is 19.7 Å². The minimum absolute atomic E-state index is 0.241. The molecule has 26 heavy (non-hydrogen) atoms. The van der Waals surface area contributed by atoms with E-state index >= 15 is 0 Å². The number of aryl methyl sites for hydroxylation is 1. The summed E-state index contributed by atoms with van der Waals surface area (Å²) in [5, 5.41) is 1.19. The second-order valence-corrected chi connectivity index (χ2v) is 6.41. The first-order valence-corrected chi connectivity index (χ1v) is 8.55. The van der Waals surface area contributed by atoms with E-state index in [9.17, 15) is 4.39 Å². The summed E-state index contributed by atoms with van der Waals surface area (Å²) in [6, 6.07) is 10.7. The van der Waals surface area contributed by atoms with E-state index in [0.717, 1.165) is 17.0 Å². The van der Waals surface area contributed by atoms with E-state index in [2.05, 4.69) is 11.1 Å². The Morgan fingerprint density at radius 2 is 1.73 bits per heavy atom. The van der Waals surface area contributed by atoms with Crippen LogP contribution >= 0.6 is 0 Å². The number of methoxy groups -OCH3 is 2. The van der Waals surface area contributed by atoms with Crippen molar-refractivity contribution in [3.63, 3.8) is 0 Å². The molecule has 1 aliphatic carbocycles. The molecular formula is C21H23FN2O2. The summed E-state index contributed by atoms with van der Waals surface area (Å²) in [6.07, 6.45) is 4.45. The predicted molar refractivity (Wildman–Crippen MR) is 102 cm³/mol. The van der Waals surface area contributed by atoms with E-state index < -0.39 is 0 Å². The Balaban J connectivity index is 0.000000185. The van der Waals surface area contributed by atoms with Gasteiger partial charge in [0.1, 0.15) is 5.82 Å². The minimum Gasteiger partial charge on any atom is -0.493 e. The van der Waals surface area contributed by atoms with Crippen LogP contribution in [0.4, 0.5) is 10.1 Å². The van der Waals surface area contributed by atoms with Crippen LogP contribution in [-0.2, 0) is 0 Å². The van der Waals surface area contributed by atoms with Gasteiger partial charge in [0.2, 0.25) is 0 Å². The van der Waals surface area contributed by atoms with Crippen molar-refractivity contribution in [1.82, 2.24) is 4.98 Å². The summed E-state index contributed by atoms with van der Waals surface area (Å²) in [7, 11) is 3.31. The number of hydrogen-bond acceptors (Lipinski definition) is 4. The van der Waals surface area contributed by atoms with E-state index in [1.165, 1.54) is 29.9 Å². The largest absolute Gasteiger partial charge is 0.493 e. The second kappa shape index (κ2) is 7.60. The van der Waals surface area contributed by atoms with Gasteiger partial charge < -0.3 is 15.2 Å². The quantitative estimate of drug-likeness (QED) is 0.684. The van der Waals surface area contributed by atoms with Crippen molar-refractivity contribution in [2.45, 2.75) is 25.7 Å². The molecule has 1 aliphatic rings. The normalized spacial score (nSPS) is 13.1. The zero-order valence-corrected chi connectivity index (χ0v) is 15.3. The maximum absolute atomic E-state index is 12.5. The van der Waals surface area contributed by atoms with E-state index in [1.807, 2.05) is 18.3 Å². The summed E-state index contributed by atoms with van der Waals surface area (Å²) < 4.78 is 23.1. The molecule has 0 amide bonds. The lowest BCUT2D eigenvalue weighted by molar-refractivity contribution is 0.356. The van der Waals surface area contributed by atoms with Gasteiger partial charge in [-0.05, 0) is 61.1 Å². The minimum atomic E-state index is -0.241. The molecule has 3 aromatic rings. The Bertz CT molecular complexity index is 923. The Morgan fingerprint density at radius 3 is 2.31 bits per heavy atom. The van der Waals surface area contributed by atoms with Crippen molar-refractivity contribution in [2.75, 3.05) is 20.0 Å². The first-order valence-electron chi connectivity index (χ1n) is 8.55. The van der Waals surface area contributed by atoms with Gasteiger partial charge in [0.15, 0.2) is 11.5 Å². The van der Waals surface area contributed by atoms with Gasteiger partial charge in [-0.15, -0.1) is 0 Å². The summed E-state index contributed by atoms with van der Waals surface area (Å²) in [4.78, 5) is 4.40. The summed E-state index contributed by atoms with van der Waals surface area (Å²) >= 11 is 0. The molecule has 1 fully saturated rings. The summed E-state index contributed by atoms with van der Waals surface area (Å²) in [6.45, 7) is 1.70. The van der Waals surface area contributed by atoms with Gasteiger partial charge in [-0.2, -0.15) is 0 Å². The van der Waals surface area contributed by atoms with Gasteiger partial charge in [0, 0.05) is 23.3 Å². The Labute approximate surface area is 152 Å². The molecule has 2 aromatic carbocycles. The maximum atomic E-state index is 12.5. The molecule has 1 heterocycles. The third kappa shape index (κ3) is 3.87. The van der Waals surface area contributed by atoms with Crippen molar-refractivity contribution in [3.05, 3.63) is 59.5 Å². The number of rotatable bonds is 3. The monoisotopic (exact) mass is 354 g/mol. The third-order valence-electron chi connectivity index (χ3n) is 4.49. The van der Waals surface area contributed by atoms with Crippen molar-refractivity contribution >= 4 is 16.6 Å². The van der Waals surface area contributed by atoms with E-state index in [-0.39, 0.29) is 5.82 Å². The average Bonchev–Trinajstić information content (AvgIpc) is 3.49. The number of aromatic nitrogens is 1. The standard InChI is InChI=1S/C14H15NO2.C7H8FN/c1-16-13-7-11-10(9-3-4-9)5-6-15-12(11)8-14(13)17-2;1-5-2-3-6(9)4-7(5)8/h5-9H,3-4H2,1-2H3;2-4H,9H2,1H3. The average molecular weight is 354 g/mol. The van der Waals surface area contributed by atoms with Crippen LogP contribution in [-0.4, -0.2) is 19.2 Å². The highest BCUT2D eigenvalue weighted by atomic mass is 19.1.